The second-order valence-electron chi connectivity index (χ2n) is 4.36. The van der Waals surface area contributed by atoms with Crippen molar-refractivity contribution in [3.05, 3.63) is 53.2 Å². The average molecular weight is 293 g/mol. The fourth-order valence-corrected chi connectivity index (χ4v) is 2.54. The number of aryl methyl sites for hydroxylation is 1. The second-order valence-corrected chi connectivity index (χ2v) is 5.59. The summed E-state index contributed by atoms with van der Waals surface area (Å²) in [4.78, 5) is 14.1. The molecule has 3 aromatic rings. The first-order chi connectivity index (χ1) is 10.2. The Morgan fingerprint density at radius 1 is 1.24 bits per heavy atom. The Hall–Kier alpha value is -2.78. The minimum absolute atomic E-state index is 0.482. The number of thiazole rings is 1. The zero-order chi connectivity index (χ0) is 14.7. The average Bonchev–Trinajstić information content (AvgIpc) is 2.94. The summed E-state index contributed by atoms with van der Waals surface area (Å²) in [6.07, 6.45) is 3.52. The van der Waals surface area contributed by atoms with Gasteiger partial charge in [0.1, 0.15) is 10.7 Å². The van der Waals surface area contributed by atoms with Gasteiger partial charge in [-0.05, 0) is 31.2 Å². The third-order valence-corrected chi connectivity index (χ3v) is 3.68. The summed E-state index contributed by atoms with van der Waals surface area (Å²) in [7, 11) is 0. The minimum Gasteiger partial charge on any atom is -0.324 e. The lowest BCUT2D eigenvalue weighted by Gasteiger charge is -2.05. The molecule has 0 saturated carbocycles. The van der Waals surface area contributed by atoms with Crippen LogP contribution in [0.3, 0.4) is 0 Å². The molecule has 2 heterocycles. The number of nitrogens with one attached hydrogen (secondary N) is 1. The molecule has 21 heavy (non-hydrogen) atoms. The second kappa shape index (κ2) is 5.69. The quantitative estimate of drug-likeness (QED) is 0.799. The fourth-order valence-electron chi connectivity index (χ4n) is 1.81. The van der Waals surface area contributed by atoms with Crippen molar-refractivity contribution in [3.63, 3.8) is 0 Å². The van der Waals surface area contributed by atoms with Crippen LogP contribution < -0.4 is 5.32 Å². The normalized spacial score (nSPS) is 10.1. The Morgan fingerprint density at radius 3 is 2.90 bits per heavy atom. The van der Waals surface area contributed by atoms with Crippen LogP contribution in [-0.2, 0) is 0 Å². The molecule has 0 amide bonds. The molecule has 0 fully saturated rings. The largest absolute Gasteiger partial charge is 0.324 e. The molecule has 5 nitrogen and oxygen atoms in total. The minimum atomic E-state index is 0.482. The molecule has 0 bridgehead atoms. The van der Waals surface area contributed by atoms with E-state index in [0.29, 0.717) is 11.5 Å². The van der Waals surface area contributed by atoms with Crippen LogP contribution in [0.25, 0.3) is 10.7 Å². The number of nitriles is 1. The van der Waals surface area contributed by atoms with Crippen LogP contribution in [0.4, 0.5) is 11.6 Å². The molecule has 0 unspecified atom stereocenters. The molecule has 3 rings (SSSR count). The first-order valence-corrected chi connectivity index (χ1v) is 7.09. The van der Waals surface area contributed by atoms with Gasteiger partial charge in [-0.15, -0.1) is 11.3 Å². The molecule has 1 aromatic carbocycles. The van der Waals surface area contributed by atoms with Crippen LogP contribution >= 0.6 is 11.3 Å². The van der Waals surface area contributed by atoms with E-state index in [9.17, 15) is 0 Å². The van der Waals surface area contributed by atoms with Crippen molar-refractivity contribution >= 4 is 23.0 Å². The van der Waals surface area contributed by atoms with Crippen molar-refractivity contribution in [1.29, 1.82) is 5.26 Å². The van der Waals surface area contributed by atoms with Crippen molar-refractivity contribution in [3.8, 4) is 16.8 Å². The van der Waals surface area contributed by atoms with E-state index in [0.717, 1.165) is 21.3 Å². The Bertz CT molecular complexity index is 819. The molecule has 102 valence electrons. The number of hydrogen-bond acceptors (Lipinski definition) is 6. The van der Waals surface area contributed by atoms with Crippen LogP contribution in [0.5, 0.6) is 0 Å². The summed E-state index contributed by atoms with van der Waals surface area (Å²) >= 11 is 1.59. The SMILES string of the molecule is Cc1cnc(-c2ccnc(Nc3cccc(C#N)c3)n2)s1. The highest BCUT2D eigenvalue weighted by Crippen LogP contribution is 2.24. The lowest BCUT2D eigenvalue weighted by molar-refractivity contribution is 1.16. The predicted octanol–water partition coefficient (Wildman–Crippen LogP) is 3.52. The van der Waals surface area contributed by atoms with E-state index in [2.05, 4.69) is 26.3 Å². The lowest BCUT2D eigenvalue weighted by Crippen LogP contribution is -1.97. The molecule has 0 spiro atoms. The number of anilines is 2. The summed E-state index contributed by atoms with van der Waals surface area (Å²) in [6.45, 7) is 2.01. The molecule has 0 saturated heterocycles. The Morgan fingerprint density at radius 2 is 2.14 bits per heavy atom. The van der Waals surface area contributed by atoms with Gasteiger partial charge in [-0.1, -0.05) is 6.07 Å². The molecular weight excluding hydrogens is 282 g/mol. The molecular formula is C15H11N5S. The zero-order valence-corrected chi connectivity index (χ0v) is 12.1. The van der Waals surface area contributed by atoms with Crippen molar-refractivity contribution in [2.45, 2.75) is 6.92 Å². The predicted molar refractivity (Wildman–Crippen MR) is 82.3 cm³/mol. The van der Waals surface area contributed by atoms with Crippen LogP contribution in [0.2, 0.25) is 0 Å². The summed E-state index contributed by atoms with van der Waals surface area (Å²) < 4.78 is 0. The first kappa shape index (κ1) is 13.2. The summed E-state index contributed by atoms with van der Waals surface area (Å²) in [5, 5.41) is 12.9. The highest BCUT2D eigenvalue weighted by Gasteiger charge is 2.06. The van der Waals surface area contributed by atoms with Gasteiger partial charge in [0, 0.05) is 23.0 Å². The maximum Gasteiger partial charge on any atom is 0.227 e. The third kappa shape index (κ3) is 3.04. The molecule has 2 aromatic heterocycles. The zero-order valence-electron chi connectivity index (χ0n) is 11.2. The fraction of sp³-hybridized carbons (Fsp3) is 0.0667. The van der Waals surface area contributed by atoms with E-state index in [1.165, 1.54) is 0 Å². The summed E-state index contributed by atoms with van der Waals surface area (Å²) in [5.41, 5.74) is 2.15. The molecule has 0 aliphatic heterocycles. The van der Waals surface area contributed by atoms with Gasteiger partial charge in [0.15, 0.2) is 0 Å². The highest BCUT2D eigenvalue weighted by atomic mass is 32.1. The van der Waals surface area contributed by atoms with Gasteiger partial charge >= 0.3 is 0 Å². The van der Waals surface area contributed by atoms with Gasteiger partial charge in [-0.2, -0.15) is 5.26 Å². The van der Waals surface area contributed by atoms with E-state index in [-0.39, 0.29) is 0 Å². The highest BCUT2D eigenvalue weighted by molar-refractivity contribution is 7.14. The number of nitrogens with zero attached hydrogens (tertiary/aromatic N) is 4. The Balaban J connectivity index is 1.88. The van der Waals surface area contributed by atoms with Gasteiger partial charge < -0.3 is 5.32 Å². The standard InChI is InChI=1S/C15H11N5S/c1-10-9-18-14(21-10)13-5-6-17-15(20-13)19-12-4-2-3-11(7-12)8-16/h2-7,9H,1H3,(H,17,19,20). The smallest absolute Gasteiger partial charge is 0.227 e. The molecule has 0 aliphatic carbocycles. The molecule has 0 atom stereocenters. The lowest BCUT2D eigenvalue weighted by atomic mass is 10.2. The molecule has 1 N–H and O–H groups in total. The van der Waals surface area contributed by atoms with Crippen LogP contribution in [0, 0.1) is 18.3 Å². The number of rotatable bonds is 3. The summed E-state index contributed by atoms with van der Waals surface area (Å²) in [6, 6.07) is 11.1. The van der Waals surface area contributed by atoms with E-state index in [1.807, 2.05) is 31.3 Å². The van der Waals surface area contributed by atoms with E-state index < -0.39 is 0 Å². The number of hydrogen-bond donors (Lipinski definition) is 1. The van der Waals surface area contributed by atoms with Gasteiger partial charge in [0.05, 0.1) is 11.6 Å². The van der Waals surface area contributed by atoms with Crippen molar-refractivity contribution in [2.75, 3.05) is 5.32 Å². The Labute approximate surface area is 126 Å². The molecule has 0 aliphatic rings. The van der Waals surface area contributed by atoms with Gasteiger partial charge in [0.25, 0.3) is 0 Å². The van der Waals surface area contributed by atoms with E-state index in [1.54, 1.807) is 29.7 Å². The van der Waals surface area contributed by atoms with Crippen LogP contribution in [0.15, 0.2) is 42.7 Å². The number of benzene rings is 1. The van der Waals surface area contributed by atoms with E-state index >= 15 is 0 Å². The summed E-state index contributed by atoms with van der Waals surface area (Å²) in [5.74, 6) is 0.482. The Kier molecular flexibility index (Phi) is 3.58. The van der Waals surface area contributed by atoms with Gasteiger partial charge in [0.2, 0.25) is 5.95 Å². The van der Waals surface area contributed by atoms with Crippen molar-refractivity contribution in [2.24, 2.45) is 0 Å². The maximum absolute atomic E-state index is 8.91. The maximum atomic E-state index is 8.91. The topological polar surface area (TPSA) is 74.5 Å². The van der Waals surface area contributed by atoms with Gasteiger partial charge in [-0.3, -0.25) is 0 Å². The molecule has 0 radical (unpaired) electrons. The van der Waals surface area contributed by atoms with Crippen LogP contribution in [0.1, 0.15) is 10.4 Å². The van der Waals surface area contributed by atoms with E-state index in [4.69, 9.17) is 5.26 Å². The molecule has 6 heteroatoms. The number of aromatic nitrogens is 3. The van der Waals surface area contributed by atoms with Crippen molar-refractivity contribution in [1.82, 2.24) is 15.0 Å². The third-order valence-electron chi connectivity index (χ3n) is 2.74. The first-order valence-electron chi connectivity index (χ1n) is 6.27. The van der Waals surface area contributed by atoms with Gasteiger partial charge in [-0.25, -0.2) is 15.0 Å². The van der Waals surface area contributed by atoms with Crippen LogP contribution in [-0.4, -0.2) is 15.0 Å². The monoisotopic (exact) mass is 293 g/mol. The van der Waals surface area contributed by atoms with Crippen molar-refractivity contribution < 1.29 is 0 Å².